The fourth-order valence-electron chi connectivity index (χ4n) is 3.09. The maximum Gasteiger partial charge on any atom is 0.217 e. The highest BCUT2D eigenvalue weighted by atomic mass is 32.2. The Morgan fingerprint density at radius 3 is 2.28 bits per heavy atom. The van der Waals surface area contributed by atoms with Gasteiger partial charge in [0.15, 0.2) is 0 Å². The summed E-state index contributed by atoms with van der Waals surface area (Å²) in [5.41, 5.74) is 0. The minimum absolute atomic E-state index is 0.174. The maximum absolute atomic E-state index is 12.6. The monoisotopic (exact) mass is 275 g/mol. The lowest BCUT2D eigenvalue weighted by Crippen LogP contribution is -2.44. The zero-order valence-electron chi connectivity index (χ0n) is 11.6. The Kier molecular flexibility index (Phi) is 4.31. The predicted octanol–water partition coefficient (Wildman–Crippen LogP) is -0.0499. The maximum atomic E-state index is 12.6. The van der Waals surface area contributed by atoms with Gasteiger partial charge in [-0.2, -0.15) is 4.31 Å². The Morgan fingerprint density at radius 2 is 1.78 bits per heavy atom. The van der Waals surface area contributed by atoms with Crippen molar-refractivity contribution in [3.63, 3.8) is 0 Å². The van der Waals surface area contributed by atoms with Crippen LogP contribution in [0.25, 0.3) is 0 Å². The van der Waals surface area contributed by atoms with E-state index in [-0.39, 0.29) is 5.25 Å². The van der Waals surface area contributed by atoms with Gasteiger partial charge >= 0.3 is 0 Å². The minimum atomic E-state index is -3.09. The van der Waals surface area contributed by atoms with Crippen LogP contribution < -0.4 is 5.32 Å². The Labute approximate surface area is 111 Å². The summed E-state index contributed by atoms with van der Waals surface area (Å²) in [6.07, 6.45) is 1.50. The number of piperidine rings is 1. The molecule has 0 aromatic heterocycles. The Hall–Kier alpha value is -0.170. The van der Waals surface area contributed by atoms with Gasteiger partial charge in [0.2, 0.25) is 10.0 Å². The SMILES string of the molecule is CC1CN(S(=O)(=O)C2CCNCC2)CC1N(C)C. The summed E-state index contributed by atoms with van der Waals surface area (Å²) < 4.78 is 26.9. The number of rotatable bonds is 3. The van der Waals surface area contributed by atoms with E-state index in [9.17, 15) is 8.42 Å². The summed E-state index contributed by atoms with van der Waals surface area (Å²) in [6, 6.07) is 0.349. The molecule has 2 fully saturated rings. The fourth-order valence-corrected chi connectivity index (χ4v) is 5.15. The van der Waals surface area contributed by atoms with Crippen LogP contribution in [-0.2, 0) is 10.0 Å². The second-order valence-electron chi connectivity index (χ2n) is 5.82. The van der Waals surface area contributed by atoms with Crippen molar-refractivity contribution in [1.29, 1.82) is 0 Å². The van der Waals surface area contributed by atoms with Gasteiger partial charge in [-0.1, -0.05) is 6.92 Å². The van der Waals surface area contributed by atoms with Crippen LogP contribution in [0.4, 0.5) is 0 Å². The van der Waals surface area contributed by atoms with Crippen LogP contribution in [0.2, 0.25) is 0 Å². The molecule has 106 valence electrons. The molecule has 2 rings (SSSR count). The third-order valence-corrected chi connectivity index (χ3v) is 6.60. The number of nitrogens with zero attached hydrogens (tertiary/aromatic N) is 2. The zero-order valence-corrected chi connectivity index (χ0v) is 12.4. The molecule has 1 N–H and O–H groups in total. The number of sulfonamides is 1. The van der Waals surface area contributed by atoms with Gasteiger partial charge in [0.05, 0.1) is 5.25 Å². The van der Waals surface area contributed by atoms with Gasteiger partial charge in [-0.15, -0.1) is 0 Å². The Balaban J connectivity index is 2.07. The topological polar surface area (TPSA) is 52.7 Å². The lowest BCUT2D eigenvalue weighted by Gasteiger charge is -2.28. The second kappa shape index (κ2) is 5.45. The molecule has 6 heteroatoms. The minimum Gasteiger partial charge on any atom is -0.317 e. The highest BCUT2D eigenvalue weighted by molar-refractivity contribution is 7.89. The van der Waals surface area contributed by atoms with Crippen molar-refractivity contribution in [2.75, 3.05) is 40.3 Å². The zero-order chi connectivity index (χ0) is 13.3. The molecule has 0 saturated carbocycles. The lowest BCUT2D eigenvalue weighted by molar-refractivity contribution is 0.262. The molecular formula is C12H25N3O2S. The van der Waals surface area contributed by atoms with Crippen LogP contribution in [0, 0.1) is 5.92 Å². The van der Waals surface area contributed by atoms with E-state index in [0.29, 0.717) is 25.0 Å². The van der Waals surface area contributed by atoms with E-state index in [0.717, 1.165) is 25.9 Å². The van der Waals surface area contributed by atoms with E-state index in [1.54, 1.807) is 4.31 Å². The molecule has 2 aliphatic rings. The second-order valence-corrected chi connectivity index (χ2v) is 8.03. The van der Waals surface area contributed by atoms with E-state index in [1.807, 2.05) is 14.1 Å². The summed E-state index contributed by atoms with van der Waals surface area (Å²) in [4.78, 5) is 2.14. The van der Waals surface area contributed by atoms with Gasteiger partial charge in [0, 0.05) is 19.1 Å². The first-order chi connectivity index (χ1) is 8.43. The summed E-state index contributed by atoms with van der Waals surface area (Å²) in [6.45, 7) is 5.12. The number of hydrogen-bond acceptors (Lipinski definition) is 4. The third kappa shape index (κ3) is 2.71. The highest BCUT2D eigenvalue weighted by Gasteiger charge is 2.41. The first-order valence-corrected chi connectivity index (χ1v) is 8.29. The molecule has 2 aliphatic heterocycles. The van der Waals surface area contributed by atoms with Crippen molar-refractivity contribution < 1.29 is 8.42 Å². The van der Waals surface area contributed by atoms with Crippen LogP contribution in [0.15, 0.2) is 0 Å². The van der Waals surface area contributed by atoms with E-state index in [4.69, 9.17) is 0 Å². The van der Waals surface area contributed by atoms with Gasteiger partial charge in [-0.25, -0.2) is 8.42 Å². The molecule has 0 spiro atoms. The first kappa shape index (κ1) is 14.2. The van der Waals surface area contributed by atoms with Crippen molar-refractivity contribution in [3.8, 4) is 0 Å². The highest BCUT2D eigenvalue weighted by Crippen LogP contribution is 2.27. The lowest BCUT2D eigenvalue weighted by atomic mass is 10.1. The molecule has 0 amide bonds. The number of hydrogen-bond donors (Lipinski definition) is 1. The average molecular weight is 275 g/mol. The van der Waals surface area contributed by atoms with E-state index >= 15 is 0 Å². The molecule has 0 aliphatic carbocycles. The molecule has 2 heterocycles. The molecule has 18 heavy (non-hydrogen) atoms. The average Bonchev–Trinajstić information content (AvgIpc) is 2.73. The van der Waals surface area contributed by atoms with Crippen molar-refractivity contribution in [2.45, 2.75) is 31.1 Å². The normalized spacial score (nSPS) is 32.2. The molecule has 2 atom stereocenters. The molecule has 2 saturated heterocycles. The molecule has 2 unspecified atom stereocenters. The standard InChI is InChI=1S/C12H25N3O2S/c1-10-8-15(9-12(10)14(2)3)18(16,17)11-4-6-13-7-5-11/h10-13H,4-9H2,1-3H3. The van der Waals surface area contributed by atoms with Crippen LogP contribution in [0.3, 0.4) is 0 Å². The molecule has 5 nitrogen and oxygen atoms in total. The first-order valence-electron chi connectivity index (χ1n) is 6.79. The van der Waals surface area contributed by atoms with Gasteiger partial charge in [-0.05, 0) is 45.9 Å². The summed E-state index contributed by atoms with van der Waals surface area (Å²) in [5, 5.41) is 3.05. The molecule has 0 aromatic carbocycles. The largest absolute Gasteiger partial charge is 0.317 e. The smallest absolute Gasteiger partial charge is 0.217 e. The number of nitrogens with one attached hydrogen (secondary N) is 1. The van der Waals surface area contributed by atoms with E-state index in [1.165, 1.54) is 0 Å². The van der Waals surface area contributed by atoms with E-state index < -0.39 is 10.0 Å². The van der Waals surface area contributed by atoms with Crippen LogP contribution >= 0.6 is 0 Å². The fraction of sp³-hybridized carbons (Fsp3) is 1.00. The van der Waals surface area contributed by atoms with Crippen LogP contribution in [0.1, 0.15) is 19.8 Å². The Bertz CT molecular complexity index is 377. The van der Waals surface area contributed by atoms with Gasteiger partial charge in [0.1, 0.15) is 0 Å². The van der Waals surface area contributed by atoms with Crippen LogP contribution in [0.5, 0.6) is 0 Å². The van der Waals surface area contributed by atoms with Gasteiger partial charge in [-0.3, -0.25) is 0 Å². The molecule has 0 radical (unpaired) electrons. The predicted molar refractivity (Wildman–Crippen MR) is 73.0 cm³/mol. The molecule has 0 bridgehead atoms. The molecule has 0 aromatic rings. The summed E-state index contributed by atoms with van der Waals surface area (Å²) in [7, 11) is 0.965. The number of likely N-dealkylation sites (N-methyl/N-ethyl adjacent to an activating group) is 1. The van der Waals surface area contributed by atoms with Crippen molar-refractivity contribution in [1.82, 2.24) is 14.5 Å². The van der Waals surface area contributed by atoms with Gasteiger partial charge < -0.3 is 10.2 Å². The van der Waals surface area contributed by atoms with Crippen molar-refractivity contribution in [2.24, 2.45) is 5.92 Å². The summed E-state index contributed by atoms with van der Waals surface area (Å²) in [5.74, 6) is 0.413. The summed E-state index contributed by atoms with van der Waals surface area (Å²) >= 11 is 0. The van der Waals surface area contributed by atoms with Crippen LogP contribution in [-0.4, -0.2) is 69.2 Å². The quantitative estimate of drug-likeness (QED) is 0.785. The van der Waals surface area contributed by atoms with Crippen molar-refractivity contribution >= 4 is 10.0 Å². The van der Waals surface area contributed by atoms with Gasteiger partial charge in [0.25, 0.3) is 0 Å². The molecular weight excluding hydrogens is 250 g/mol. The third-order valence-electron chi connectivity index (χ3n) is 4.27. The van der Waals surface area contributed by atoms with E-state index in [2.05, 4.69) is 17.1 Å². The van der Waals surface area contributed by atoms with Crippen molar-refractivity contribution in [3.05, 3.63) is 0 Å². The Morgan fingerprint density at radius 1 is 1.17 bits per heavy atom.